The molecule has 0 saturated heterocycles. The molecule has 1 rings (SSSR count). The number of aliphatic carboxylic acids is 1. The van der Waals surface area contributed by atoms with Gasteiger partial charge in [-0.2, -0.15) is 0 Å². The smallest absolute Gasteiger partial charge is 0.326 e. The van der Waals surface area contributed by atoms with Gasteiger partial charge in [-0.05, 0) is 17.4 Å². The van der Waals surface area contributed by atoms with E-state index in [1.54, 1.807) is 31.2 Å². The van der Waals surface area contributed by atoms with Crippen LogP contribution in [0.3, 0.4) is 0 Å². The predicted molar refractivity (Wildman–Crippen MR) is 134 cm³/mol. The second kappa shape index (κ2) is 14.8. The number of carbonyl (C=O) groups is 5. The molecule has 0 saturated carbocycles. The summed E-state index contributed by atoms with van der Waals surface area (Å²) in [6, 6.07) is 4.54. The van der Waals surface area contributed by atoms with E-state index in [1.165, 1.54) is 0 Å². The highest BCUT2D eigenvalue weighted by molar-refractivity contribution is 5.95. The maximum absolute atomic E-state index is 13.3. The summed E-state index contributed by atoms with van der Waals surface area (Å²) in [4.78, 5) is 61.8. The highest BCUT2D eigenvalue weighted by Crippen LogP contribution is 2.12. The lowest BCUT2D eigenvalue weighted by Gasteiger charge is -2.28. The first-order valence-corrected chi connectivity index (χ1v) is 12.1. The molecule has 11 heteroatoms. The minimum absolute atomic E-state index is 0.109. The third kappa shape index (κ3) is 9.65. The number of rotatable bonds is 15. The van der Waals surface area contributed by atoms with Crippen LogP contribution in [0.25, 0.3) is 0 Å². The normalized spacial score (nSPS) is 15.9. The van der Waals surface area contributed by atoms with Crippen LogP contribution in [0.15, 0.2) is 30.3 Å². The first-order valence-electron chi connectivity index (χ1n) is 12.1. The lowest BCUT2D eigenvalue weighted by Crippen LogP contribution is -2.59. The van der Waals surface area contributed by atoms with Gasteiger partial charge in [-0.15, -0.1) is 0 Å². The summed E-state index contributed by atoms with van der Waals surface area (Å²) < 4.78 is 0. The molecule has 0 aromatic heterocycles. The van der Waals surface area contributed by atoms with Gasteiger partial charge in [0, 0.05) is 6.42 Å². The molecule has 0 fully saturated rings. The lowest BCUT2D eigenvalue weighted by molar-refractivity contribution is -0.144. The predicted octanol–water partition coefficient (Wildman–Crippen LogP) is 0.0630. The number of hydrogen-bond donors (Lipinski definition) is 6. The number of nitrogens with one attached hydrogen (secondary N) is 3. The van der Waals surface area contributed by atoms with Crippen molar-refractivity contribution in [2.24, 2.45) is 23.3 Å². The highest BCUT2D eigenvalue weighted by atomic mass is 16.4. The van der Waals surface area contributed by atoms with Crippen molar-refractivity contribution >= 4 is 29.6 Å². The fourth-order valence-electron chi connectivity index (χ4n) is 3.46. The molecule has 1 aromatic rings. The quantitative estimate of drug-likeness (QED) is 0.194. The van der Waals surface area contributed by atoms with Gasteiger partial charge in [0.15, 0.2) is 0 Å². The number of primary amides is 1. The number of carboxylic acid groups (broad SMARTS) is 1. The van der Waals surface area contributed by atoms with Crippen LogP contribution < -0.4 is 27.4 Å². The van der Waals surface area contributed by atoms with Gasteiger partial charge >= 0.3 is 5.97 Å². The average Bonchev–Trinajstić information content (AvgIpc) is 2.84. The number of amides is 4. The Hall–Kier alpha value is -3.47. The molecule has 0 aliphatic carbocycles. The van der Waals surface area contributed by atoms with Crippen molar-refractivity contribution in [1.29, 1.82) is 0 Å². The maximum Gasteiger partial charge on any atom is 0.326 e. The summed E-state index contributed by atoms with van der Waals surface area (Å²) >= 11 is 0. The number of nitrogens with two attached hydrogens (primary N) is 2. The standard InChI is InChI=1S/C25H39N5O6/c1-5-14(3)20(27)23(33)28-17(12-16-10-8-7-9-11-16)22(32)30-21(15(4)6-2)24(34)29-18(25(35)36)13-19(26)31/h7-11,14-15,17-18,20-21H,5-6,12-13,27H2,1-4H3,(H2,26,31)(H,28,33)(H,29,34)(H,30,32)(H,35,36). The Bertz CT molecular complexity index is 909. The number of benzene rings is 1. The Morgan fingerprint density at radius 1 is 0.833 bits per heavy atom. The van der Waals surface area contributed by atoms with Crippen molar-refractivity contribution in [1.82, 2.24) is 16.0 Å². The average molecular weight is 506 g/mol. The molecular weight excluding hydrogens is 466 g/mol. The van der Waals surface area contributed by atoms with E-state index in [1.807, 2.05) is 26.8 Å². The fourth-order valence-corrected chi connectivity index (χ4v) is 3.46. The molecule has 0 radical (unpaired) electrons. The summed E-state index contributed by atoms with van der Waals surface area (Å²) in [5, 5.41) is 17.0. The molecule has 1 aromatic carbocycles. The summed E-state index contributed by atoms with van der Waals surface area (Å²) in [7, 11) is 0. The van der Waals surface area contributed by atoms with Gasteiger partial charge in [0.05, 0.1) is 12.5 Å². The molecule has 8 N–H and O–H groups in total. The molecule has 36 heavy (non-hydrogen) atoms. The number of carbonyl (C=O) groups excluding carboxylic acids is 4. The zero-order valence-electron chi connectivity index (χ0n) is 21.3. The van der Waals surface area contributed by atoms with E-state index < -0.39 is 60.2 Å². The van der Waals surface area contributed by atoms with Crippen molar-refractivity contribution in [3.63, 3.8) is 0 Å². The van der Waals surface area contributed by atoms with E-state index >= 15 is 0 Å². The van der Waals surface area contributed by atoms with E-state index in [0.29, 0.717) is 12.8 Å². The largest absolute Gasteiger partial charge is 0.480 e. The van der Waals surface area contributed by atoms with Gasteiger partial charge < -0.3 is 32.5 Å². The van der Waals surface area contributed by atoms with Crippen molar-refractivity contribution < 1.29 is 29.1 Å². The Labute approximate surface area is 211 Å². The third-order valence-electron chi connectivity index (χ3n) is 6.29. The zero-order valence-corrected chi connectivity index (χ0v) is 21.3. The van der Waals surface area contributed by atoms with E-state index in [2.05, 4.69) is 16.0 Å². The van der Waals surface area contributed by atoms with Crippen molar-refractivity contribution in [3.05, 3.63) is 35.9 Å². The summed E-state index contributed by atoms with van der Waals surface area (Å²) in [5.41, 5.74) is 11.9. The Balaban J connectivity index is 3.15. The number of carboxylic acids is 1. The first-order chi connectivity index (χ1) is 16.9. The van der Waals surface area contributed by atoms with Crippen LogP contribution in [0.2, 0.25) is 0 Å². The monoisotopic (exact) mass is 505 g/mol. The second-order valence-electron chi connectivity index (χ2n) is 9.10. The van der Waals surface area contributed by atoms with Gasteiger partial charge in [0.2, 0.25) is 23.6 Å². The van der Waals surface area contributed by atoms with Crippen LogP contribution in [-0.4, -0.2) is 58.9 Å². The van der Waals surface area contributed by atoms with Crippen molar-refractivity contribution in [2.45, 2.75) is 77.5 Å². The van der Waals surface area contributed by atoms with Crippen molar-refractivity contribution in [3.8, 4) is 0 Å². The van der Waals surface area contributed by atoms with Crippen LogP contribution in [0.1, 0.15) is 52.5 Å². The molecule has 4 amide bonds. The summed E-state index contributed by atoms with van der Waals surface area (Å²) in [5.74, 6) is -4.69. The molecule has 6 unspecified atom stereocenters. The van der Waals surface area contributed by atoms with Crippen LogP contribution in [-0.2, 0) is 30.4 Å². The first kappa shape index (κ1) is 30.6. The van der Waals surface area contributed by atoms with Crippen LogP contribution in [0.4, 0.5) is 0 Å². The minimum atomic E-state index is -1.54. The molecule has 6 atom stereocenters. The topological polar surface area (TPSA) is 194 Å². The SMILES string of the molecule is CCC(C)C(N)C(=O)NC(Cc1ccccc1)C(=O)NC(C(=O)NC(CC(N)=O)C(=O)O)C(C)CC. The molecule has 0 aliphatic rings. The van der Waals surface area contributed by atoms with E-state index in [-0.39, 0.29) is 18.3 Å². The van der Waals surface area contributed by atoms with E-state index in [0.717, 1.165) is 5.56 Å². The molecular formula is C25H39N5O6. The summed E-state index contributed by atoms with van der Waals surface area (Å²) in [6.45, 7) is 7.27. The van der Waals surface area contributed by atoms with Crippen LogP contribution in [0.5, 0.6) is 0 Å². The van der Waals surface area contributed by atoms with Gasteiger partial charge in [-0.3, -0.25) is 19.2 Å². The van der Waals surface area contributed by atoms with Crippen molar-refractivity contribution in [2.75, 3.05) is 0 Å². The van der Waals surface area contributed by atoms with E-state index in [9.17, 15) is 29.1 Å². The Morgan fingerprint density at radius 3 is 1.89 bits per heavy atom. The van der Waals surface area contributed by atoms with Gasteiger partial charge in [0.1, 0.15) is 18.1 Å². The molecule has 0 heterocycles. The minimum Gasteiger partial charge on any atom is -0.480 e. The number of hydrogen-bond acceptors (Lipinski definition) is 6. The third-order valence-corrected chi connectivity index (χ3v) is 6.29. The second-order valence-corrected chi connectivity index (χ2v) is 9.10. The van der Waals surface area contributed by atoms with Gasteiger partial charge in [-0.25, -0.2) is 4.79 Å². The van der Waals surface area contributed by atoms with Gasteiger partial charge in [-0.1, -0.05) is 70.9 Å². The van der Waals surface area contributed by atoms with E-state index in [4.69, 9.17) is 11.5 Å². The Morgan fingerprint density at radius 2 is 1.39 bits per heavy atom. The molecule has 0 bridgehead atoms. The summed E-state index contributed by atoms with van der Waals surface area (Å²) in [6.07, 6.45) is 0.722. The molecule has 11 nitrogen and oxygen atoms in total. The lowest BCUT2D eigenvalue weighted by atomic mass is 9.96. The maximum atomic E-state index is 13.3. The highest BCUT2D eigenvalue weighted by Gasteiger charge is 2.33. The fraction of sp³-hybridized carbons (Fsp3) is 0.560. The molecule has 0 aliphatic heterocycles. The zero-order chi connectivity index (χ0) is 27.4. The molecule has 0 spiro atoms. The van der Waals surface area contributed by atoms with Gasteiger partial charge in [0.25, 0.3) is 0 Å². The van der Waals surface area contributed by atoms with Crippen LogP contribution in [0, 0.1) is 11.8 Å². The molecule has 200 valence electrons. The van der Waals surface area contributed by atoms with Crippen LogP contribution >= 0.6 is 0 Å². The Kier molecular flexibility index (Phi) is 12.6.